The Bertz CT molecular complexity index is 777. The molecule has 1 heterocycles. The highest BCUT2D eigenvalue weighted by atomic mass is 35.5. The highest BCUT2D eigenvalue weighted by molar-refractivity contribution is 7.13. The van der Waals surface area contributed by atoms with Gasteiger partial charge in [0.05, 0.1) is 29.3 Å². The molecule has 132 valence electrons. The molecule has 0 spiro atoms. The highest BCUT2D eigenvalue weighted by Gasteiger charge is 2.14. The van der Waals surface area contributed by atoms with Gasteiger partial charge in [-0.3, -0.25) is 14.9 Å². The lowest BCUT2D eigenvalue weighted by molar-refractivity contribution is -0.142. The molecule has 0 radical (unpaired) electrons. The second-order valence-corrected chi connectivity index (χ2v) is 6.00. The van der Waals surface area contributed by atoms with Gasteiger partial charge in [-0.15, -0.1) is 11.3 Å². The number of halogens is 1. The lowest BCUT2D eigenvalue weighted by Gasteiger charge is -2.05. The number of carbonyl (C=O) groups is 3. The van der Waals surface area contributed by atoms with Gasteiger partial charge in [-0.2, -0.15) is 0 Å². The standard InChI is InChI=1S/C16H15ClN2O5S/c1-2-23-14(21)7-10-9-25-16(18-10)19-13(20)8-24-15(22)11-5-3-4-6-12(11)17/h3-6,9H,2,7-8H2,1H3,(H,18,19,20). The first-order valence-corrected chi connectivity index (χ1v) is 8.57. The van der Waals surface area contributed by atoms with E-state index in [1.165, 1.54) is 6.07 Å². The van der Waals surface area contributed by atoms with Crippen LogP contribution in [-0.4, -0.2) is 36.0 Å². The first kappa shape index (κ1) is 18.9. The molecule has 0 atom stereocenters. The molecule has 0 aliphatic carbocycles. The number of esters is 2. The number of ether oxygens (including phenoxy) is 2. The van der Waals surface area contributed by atoms with Crippen LogP contribution in [-0.2, 0) is 25.5 Å². The third-order valence-electron chi connectivity index (χ3n) is 2.86. The average Bonchev–Trinajstić information content (AvgIpc) is 3.00. The number of benzene rings is 1. The van der Waals surface area contributed by atoms with Gasteiger partial charge in [-0.25, -0.2) is 9.78 Å². The maximum Gasteiger partial charge on any atom is 0.340 e. The van der Waals surface area contributed by atoms with Crippen LogP contribution in [0.1, 0.15) is 23.0 Å². The van der Waals surface area contributed by atoms with Gasteiger partial charge in [-0.05, 0) is 19.1 Å². The summed E-state index contributed by atoms with van der Waals surface area (Å²) in [6.07, 6.45) is 0.0295. The number of nitrogens with one attached hydrogen (secondary N) is 1. The fraction of sp³-hybridized carbons (Fsp3) is 0.250. The van der Waals surface area contributed by atoms with E-state index in [4.69, 9.17) is 21.1 Å². The molecule has 1 N–H and O–H groups in total. The van der Waals surface area contributed by atoms with Crippen LogP contribution in [0.4, 0.5) is 5.13 Å². The van der Waals surface area contributed by atoms with Crippen LogP contribution in [0.25, 0.3) is 0 Å². The molecule has 2 aromatic rings. The van der Waals surface area contributed by atoms with Crippen LogP contribution >= 0.6 is 22.9 Å². The Kier molecular flexibility index (Phi) is 6.91. The van der Waals surface area contributed by atoms with Crippen molar-refractivity contribution in [2.75, 3.05) is 18.5 Å². The predicted octanol–water partition coefficient (Wildman–Crippen LogP) is 2.70. The monoisotopic (exact) mass is 382 g/mol. The van der Waals surface area contributed by atoms with E-state index in [0.717, 1.165) is 11.3 Å². The van der Waals surface area contributed by atoms with Crippen LogP contribution in [0.5, 0.6) is 0 Å². The molecule has 0 saturated carbocycles. The van der Waals surface area contributed by atoms with E-state index in [9.17, 15) is 14.4 Å². The molecular formula is C16H15ClN2O5S. The number of nitrogens with zero attached hydrogens (tertiary/aromatic N) is 1. The molecule has 1 amide bonds. The van der Waals surface area contributed by atoms with Gasteiger partial charge in [0.15, 0.2) is 11.7 Å². The fourth-order valence-corrected chi connectivity index (χ4v) is 2.74. The van der Waals surface area contributed by atoms with E-state index in [1.807, 2.05) is 0 Å². The molecule has 1 aromatic heterocycles. The van der Waals surface area contributed by atoms with Crippen LogP contribution in [0.3, 0.4) is 0 Å². The van der Waals surface area contributed by atoms with Crippen LogP contribution < -0.4 is 5.32 Å². The van der Waals surface area contributed by atoms with E-state index < -0.39 is 18.5 Å². The molecule has 1 aromatic carbocycles. The second kappa shape index (κ2) is 9.14. The summed E-state index contributed by atoms with van der Waals surface area (Å²) in [4.78, 5) is 39.1. The Morgan fingerprint density at radius 3 is 2.72 bits per heavy atom. The molecule has 0 bridgehead atoms. The smallest absolute Gasteiger partial charge is 0.340 e. The Morgan fingerprint density at radius 2 is 2.00 bits per heavy atom. The third-order valence-corrected chi connectivity index (χ3v) is 3.99. The summed E-state index contributed by atoms with van der Waals surface area (Å²) in [5.74, 6) is -1.63. The molecule has 25 heavy (non-hydrogen) atoms. The number of hydrogen-bond acceptors (Lipinski definition) is 7. The van der Waals surface area contributed by atoms with Crippen LogP contribution in [0.15, 0.2) is 29.6 Å². The quantitative estimate of drug-likeness (QED) is 0.740. The van der Waals surface area contributed by atoms with Crippen molar-refractivity contribution in [1.82, 2.24) is 4.98 Å². The first-order valence-electron chi connectivity index (χ1n) is 7.31. The van der Waals surface area contributed by atoms with Crippen molar-refractivity contribution in [2.24, 2.45) is 0 Å². The minimum Gasteiger partial charge on any atom is -0.466 e. The zero-order valence-corrected chi connectivity index (χ0v) is 14.9. The van der Waals surface area contributed by atoms with Crippen LogP contribution in [0.2, 0.25) is 5.02 Å². The van der Waals surface area contributed by atoms with Gasteiger partial charge in [0, 0.05) is 5.38 Å². The summed E-state index contributed by atoms with van der Waals surface area (Å²) in [5.41, 5.74) is 0.676. The van der Waals surface area contributed by atoms with E-state index in [2.05, 4.69) is 10.3 Å². The molecule has 0 fully saturated rings. The van der Waals surface area contributed by atoms with Crippen molar-refractivity contribution in [3.05, 3.63) is 45.9 Å². The van der Waals surface area contributed by atoms with Gasteiger partial charge in [-0.1, -0.05) is 23.7 Å². The molecular weight excluding hydrogens is 368 g/mol. The van der Waals surface area contributed by atoms with Gasteiger partial charge in [0.1, 0.15) is 0 Å². The van der Waals surface area contributed by atoms with E-state index in [-0.39, 0.29) is 23.0 Å². The van der Waals surface area contributed by atoms with Crippen molar-refractivity contribution in [3.63, 3.8) is 0 Å². The Morgan fingerprint density at radius 1 is 1.24 bits per heavy atom. The topological polar surface area (TPSA) is 94.6 Å². The van der Waals surface area contributed by atoms with Gasteiger partial charge < -0.3 is 9.47 Å². The SMILES string of the molecule is CCOC(=O)Cc1csc(NC(=O)COC(=O)c2ccccc2Cl)n1. The summed E-state index contributed by atoms with van der Waals surface area (Å²) < 4.78 is 9.74. The predicted molar refractivity (Wildman–Crippen MR) is 92.8 cm³/mol. The van der Waals surface area contributed by atoms with E-state index >= 15 is 0 Å². The number of amides is 1. The number of thiazole rings is 1. The normalized spacial score (nSPS) is 10.2. The molecule has 0 saturated heterocycles. The van der Waals surface area contributed by atoms with Crippen molar-refractivity contribution in [3.8, 4) is 0 Å². The highest BCUT2D eigenvalue weighted by Crippen LogP contribution is 2.17. The maximum atomic E-state index is 11.9. The van der Waals surface area contributed by atoms with Crippen molar-refractivity contribution < 1.29 is 23.9 Å². The lowest BCUT2D eigenvalue weighted by atomic mass is 10.2. The van der Waals surface area contributed by atoms with Crippen molar-refractivity contribution in [2.45, 2.75) is 13.3 Å². The van der Waals surface area contributed by atoms with Crippen LogP contribution in [0, 0.1) is 0 Å². The van der Waals surface area contributed by atoms with Crippen molar-refractivity contribution >= 4 is 45.9 Å². The van der Waals surface area contributed by atoms with Gasteiger partial charge in [0.25, 0.3) is 5.91 Å². The van der Waals surface area contributed by atoms with Gasteiger partial charge >= 0.3 is 11.9 Å². The lowest BCUT2D eigenvalue weighted by Crippen LogP contribution is -2.21. The van der Waals surface area contributed by atoms with Crippen molar-refractivity contribution in [1.29, 1.82) is 0 Å². The summed E-state index contributed by atoms with van der Waals surface area (Å²) in [6, 6.07) is 6.38. The number of hydrogen-bond donors (Lipinski definition) is 1. The summed E-state index contributed by atoms with van der Waals surface area (Å²) in [5, 5.41) is 4.69. The zero-order valence-electron chi connectivity index (χ0n) is 13.3. The average molecular weight is 383 g/mol. The minimum atomic E-state index is -0.692. The molecule has 0 aliphatic heterocycles. The summed E-state index contributed by atoms with van der Waals surface area (Å²) in [7, 11) is 0. The van der Waals surface area contributed by atoms with E-state index in [1.54, 1.807) is 30.5 Å². The number of anilines is 1. The second-order valence-electron chi connectivity index (χ2n) is 4.73. The number of aromatic nitrogens is 1. The zero-order chi connectivity index (χ0) is 18.2. The summed E-state index contributed by atoms with van der Waals surface area (Å²) in [6.45, 7) is 1.54. The molecule has 0 unspecified atom stereocenters. The molecule has 9 heteroatoms. The molecule has 0 aliphatic rings. The third kappa shape index (κ3) is 5.84. The minimum absolute atomic E-state index is 0.0295. The first-order chi connectivity index (χ1) is 12.0. The largest absolute Gasteiger partial charge is 0.466 e. The Labute approximate surface area is 152 Å². The molecule has 7 nitrogen and oxygen atoms in total. The number of rotatable bonds is 7. The fourth-order valence-electron chi connectivity index (χ4n) is 1.80. The summed E-state index contributed by atoms with van der Waals surface area (Å²) >= 11 is 7.04. The molecule has 2 rings (SSSR count). The van der Waals surface area contributed by atoms with E-state index in [0.29, 0.717) is 17.4 Å². The Hall–Kier alpha value is -2.45. The number of carbonyl (C=O) groups excluding carboxylic acids is 3. The van der Waals surface area contributed by atoms with Gasteiger partial charge in [0.2, 0.25) is 0 Å². The maximum absolute atomic E-state index is 11.9. The Balaban J connectivity index is 1.82.